The van der Waals surface area contributed by atoms with Crippen molar-refractivity contribution in [1.82, 2.24) is 4.98 Å². The minimum absolute atomic E-state index is 0.153. The molecule has 2 rings (SSSR count). The SMILES string of the molecule is Cc1ncoc1C1(CN)CC1. The van der Waals surface area contributed by atoms with Crippen molar-refractivity contribution in [3.05, 3.63) is 17.8 Å². The highest BCUT2D eigenvalue weighted by Gasteiger charge is 2.47. The summed E-state index contributed by atoms with van der Waals surface area (Å²) in [6, 6.07) is 0. The van der Waals surface area contributed by atoms with Gasteiger partial charge in [0, 0.05) is 12.0 Å². The normalized spacial score (nSPS) is 20.2. The maximum absolute atomic E-state index is 5.64. The average Bonchev–Trinajstić information content (AvgIpc) is 2.70. The van der Waals surface area contributed by atoms with Crippen LogP contribution in [0, 0.1) is 6.92 Å². The molecule has 1 aromatic rings. The minimum atomic E-state index is 0.153. The van der Waals surface area contributed by atoms with Gasteiger partial charge in [0.15, 0.2) is 6.39 Å². The molecule has 0 amide bonds. The topological polar surface area (TPSA) is 52.0 Å². The van der Waals surface area contributed by atoms with Crippen molar-refractivity contribution in [1.29, 1.82) is 0 Å². The molecule has 0 spiro atoms. The second kappa shape index (κ2) is 2.08. The van der Waals surface area contributed by atoms with Crippen molar-refractivity contribution in [3.63, 3.8) is 0 Å². The summed E-state index contributed by atoms with van der Waals surface area (Å²) in [7, 11) is 0. The number of aromatic nitrogens is 1. The van der Waals surface area contributed by atoms with Crippen LogP contribution in [0.3, 0.4) is 0 Å². The molecule has 0 saturated heterocycles. The van der Waals surface area contributed by atoms with Gasteiger partial charge < -0.3 is 10.2 Å². The molecule has 1 saturated carbocycles. The molecule has 1 heterocycles. The van der Waals surface area contributed by atoms with E-state index < -0.39 is 0 Å². The Kier molecular flexibility index (Phi) is 1.29. The van der Waals surface area contributed by atoms with Crippen molar-refractivity contribution in [2.75, 3.05) is 6.54 Å². The monoisotopic (exact) mass is 152 g/mol. The lowest BCUT2D eigenvalue weighted by atomic mass is 10.0. The van der Waals surface area contributed by atoms with Crippen molar-refractivity contribution < 1.29 is 4.42 Å². The number of hydrogen-bond acceptors (Lipinski definition) is 3. The first-order chi connectivity index (χ1) is 5.28. The van der Waals surface area contributed by atoms with Crippen molar-refractivity contribution in [3.8, 4) is 0 Å². The molecule has 60 valence electrons. The number of nitrogens with zero attached hydrogens (tertiary/aromatic N) is 1. The van der Waals surface area contributed by atoms with Gasteiger partial charge in [-0.25, -0.2) is 4.98 Å². The van der Waals surface area contributed by atoms with E-state index >= 15 is 0 Å². The first-order valence-electron chi connectivity index (χ1n) is 3.89. The Bertz CT molecular complexity index is 263. The Balaban J connectivity index is 2.35. The van der Waals surface area contributed by atoms with Crippen LogP contribution in [0.5, 0.6) is 0 Å². The summed E-state index contributed by atoms with van der Waals surface area (Å²) in [6.45, 7) is 2.65. The van der Waals surface area contributed by atoms with Gasteiger partial charge in [0.2, 0.25) is 0 Å². The predicted octanol–water partition coefficient (Wildman–Crippen LogP) is 0.973. The third-order valence-corrected chi connectivity index (χ3v) is 2.47. The zero-order valence-corrected chi connectivity index (χ0v) is 6.63. The van der Waals surface area contributed by atoms with Crippen LogP contribution >= 0.6 is 0 Å². The van der Waals surface area contributed by atoms with E-state index in [4.69, 9.17) is 10.2 Å². The zero-order chi connectivity index (χ0) is 7.90. The first-order valence-corrected chi connectivity index (χ1v) is 3.89. The lowest BCUT2D eigenvalue weighted by Crippen LogP contribution is -2.19. The van der Waals surface area contributed by atoms with E-state index in [-0.39, 0.29) is 5.41 Å². The van der Waals surface area contributed by atoms with Crippen LogP contribution in [-0.4, -0.2) is 11.5 Å². The fourth-order valence-electron chi connectivity index (χ4n) is 1.49. The van der Waals surface area contributed by atoms with Crippen LogP contribution < -0.4 is 5.73 Å². The molecule has 1 aliphatic rings. The number of aryl methyl sites for hydroxylation is 1. The first kappa shape index (κ1) is 6.85. The van der Waals surface area contributed by atoms with Crippen LogP contribution in [0.15, 0.2) is 10.8 Å². The molecule has 3 heteroatoms. The molecule has 1 aromatic heterocycles. The molecule has 0 atom stereocenters. The zero-order valence-electron chi connectivity index (χ0n) is 6.63. The summed E-state index contributed by atoms with van der Waals surface area (Å²) in [4.78, 5) is 4.05. The predicted molar refractivity (Wildman–Crippen MR) is 41.2 cm³/mol. The molecule has 11 heavy (non-hydrogen) atoms. The van der Waals surface area contributed by atoms with Gasteiger partial charge in [-0.1, -0.05) is 0 Å². The average molecular weight is 152 g/mol. The fraction of sp³-hybridized carbons (Fsp3) is 0.625. The molecule has 2 N–H and O–H groups in total. The van der Waals surface area contributed by atoms with Gasteiger partial charge in [0.05, 0.1) is 5.69 Å². The molecule has 1 aliphatic carbocycles. The van der Waals surface area contributed by atoms with Gasteiger partial charge in [0.25, 0.3) is 0 Å². The summed E-state index contributed by atoms with van der Waals surface area (Å²) in [5, 5.41) is 0. The second-order valence-corrected chi connectivity index (χ2v) is 3.25. The summed E-state index contributed by atoms with van der Waals surface area (Å²) in [5.41, 5.74) is 6.79. The van der Waals surface area contributed by atoms with Crippen LogP contribution in [0.4, 0.5) is 0 Å². The Morgan fingerprint density at radius 3 is 2.82 bits per heavy atom. The number of oxazole rings is 1. The van der Waals surface area contributed by atoms with Gasteiger partial charge in [0.1, 0.15) is 5.76 Å². The lowest BCUT2D eigenvalue weighted by Gasteiger charge is -2.07. The third kappa shape index (κ3) is 0.878. The van der Waals surface area contributed by atoms with E-state index in [9.17, 15) is 0 Å². The highest BCUT2D eigenvalue weighted by atomic mass is 16.3. The summed E-state index contributed by atoms with van der Waals surface area (Å²) in [6.07, 6.45) is 3.81. The highest BCUT2D eigenvalue weighted by molar-refractivity contribution is 5.25. The molecule has 0 unspecified atom stereocenters. The van der Waals surface area contributed by atoms with Gasteiger partial charge in [-0.05, 0) is 19.8 Å². The maximum atomic E-state index is 5.64. The van der Waals surface area contributed by atoms with Crippen LogP contribution in [0.2, 0.25) is 0 Å². The fourth-order valence-corrected chi connectivity index (χ4v) is 1.49. The summed E-state index contributed by atoms with van der Waals surface area (Å²) < 4.78 is 5.29. The lowest BCUT2D eigenvalue weighted by molar-refractivity contribution is 0.449. The molecule has 0 radical (unpaired) electrons. The van der Waals surface area contributed by atoms with Gasteiger partial charge >= 0.3 is 0 Å². The van der Waals surface area contributed by atoms with E-state index in [0.717, 1.165) is 24.3 Å². The molecule has 3 nitrogen and oxygen atoms in total. The molecular weight excluding hydrogens is 140 g/mol. The van der Waals surface area contributed by atoms with Crippen LogP contribution in [0.1, 0.15) is 24.3 Å². The Labute approximate surface area is 65.6 Å². The van der Waals surface area contributed by atoms with Crippen molar-refractivity contribution in [2.24, 2.45) is 5.73 Å². The Morgan fingerprint density at radius 1 is 1.73 bits per heavy atom. The quantitative estimate of drug-likeness (QED) is 0.687. The molecule has 0 bridgehead atoms. The largest absolute Gasteiger partial charge is 0.448 e. The highest BCUT2D eigenvalue weighted by Crippen LogP contribution is 2.48. The molecule has 1 fully saturated rings. The van der Waals surface area contributed by atoms with E-state index in [0.29, 0.717) is 6.54 Å². The van der Waals surface area contributed by atoms with Crippen LogP contribution in [0.25, 0.3) is 0 Å². The number of rotatable bonds is 2. The van der Waals surface area contributed by atoms with E-state index in [2.05, 4.69) is 4.98 Å². The third-order valence-electron chi connectivity index (χ3n) is 2.47. The maximum Gasteiger partial charge on any atom is 0.181 e. The van der Waals surface area contributed by atoms with E-state index in [1.165, 1.54) is 6.39 Å². The van der Waals surface area contributed by atoms with E-state index in [1.807, 2.05) is 6.92 Å². The van der Waals surface area contributed by atoms with Gasteiger partial charge in [-0.2, -0.15) is 0 Å². The Hall–Kier alpha value is -0.830. The van der Waals surface area contributed by atoms with Crippen LogP contribution in [-0.2, 0) is 5.41 Å². The number of hydrogen-bond donors (Lipinski definition) is 1. The van der Waals surface area contributed by atoms with Crippen molar-refractivity contribution >= 4 is 0 Å². The molecule has 0 aromatic carbocycles. The summed E-state index contributed by atoms with van der Waals surface area (Å²) >= 11 is 0. The van der Waals surface area contributed by atoms with Crippen molar-refractivity contribution in [2.45, 2.75) is 25.2 Å². The summed E-state index contributed by atoms with van der Waals surface area (Å²) in [5.74, 6) is 1.00. The molecular formula is C8H12N2O. The smallest absolute Gasteiger partial charge is 0.181 e. The van der Waals surface area contributed by atoms with Gasteiger partial charge in [-0.15, -0.1) is 0 Å². The second-order valence-electron chi connectivity index (χ2n) is 3.25. The van der Waals surface area contributed by atoms with Gasteiger partial charge in [-0.3, -0.25) is 0 Å². The Morgan fingerprint density at radius 2 is 2.45 bits per heavy atom. The standard InChI is InChI=1S/C8H12N2O/c1-6-7(11-5-10-6)8(4-9)2-3-8/h5H,2-4,9H2,1H3. The minimum Gasteiger partial charge on any atom is -0.448 e. The molecule has 0 aliphatic heterocycles. The van der Waals surface area contributed by atoms with E-state index in [1.54, 1.807) is 0 Å². The number of nitrogens with two attached hydrogens (primary N) is 1.